The van der Waals surface area contributed by atoms with Gasteiger partial charge in [-0.15, -0.1) is 12.8 Å². The number of carbonyl (C=O) groups excluding carboxylic acids is 2. The Kier molecular flexibility index (Phi) is 29.7. The molecule has 2 rings (SSSR count). The van der Waals surface area contributed by atoms with Crippen LogP contribution in [0.25, 0.3) is 0 Å². The molecule has 0 N–H and O–H groups in total. The van der Waals surface area contributed by atoms with E-state index in [0.29, 0.717) is 46.6 Å². The molecule has 0 aliphatic rings. The van der Waals surface area contributed by atoms with E-state index in [0.717, 1.165) is 25.7 Å². The van der Waals surface area contributed by atoms with E-state index < -0.39 is 11.9 Å². The molecule has 314 valence electrons. The highest BCUT2D eigenvalue weighted by molar-refractivity contribution is 5.91. The first-order chi connectivity index (χ1) is 28.5. The fraction of sp³-hybridized carbons (Fsp3) is 0.593. The largest absolute Gasteiger partial charge is 0.462 e. The molecular weight excluding hydrogens is 713 g/mol. The van der Waals surface area contributed by atoms with Crippen molar-refractivity contribution >= 4 is 11.9 Å². The minimum atomic E-state index is -0.407. The van der Waals surface area contributed by atoms with Crippen molar-refractivity contribution in [3.63, 3.8) is 0 Å². The van der Waals surface area contributed by atoms with E-state index in [1.807, 2.05) is 0 Å². The fourth-order valence-corrected chi connectivity index (χ4v) is 7.10. The smallest absolute Gasteiger partial charge is 0.338 e. The summed E-state index contributed by atoms with van der Waals surface area (Å²) in [6.07, 6.45) is 47.1. The molecule has 0 bridgehead atoms. The minimum absolute atomic E-state index is 0.372. The minimum Gasteiger partial charge on any atom is -0.462 e. The number of ether oxygens (including phenoxy) is 2. The maximum Gasteiger partial charge on any atom is 0.338 e. The lowest BCUT2D eigenvalue weighted by molar-refractivity contribution is 0.0488. The maximum absolute atomic E-state index is 12.8. The lowest BCUT2D eigenvalue weighted by atomic mass is 10.0. The standard InChI is InChI=1S/C54H74O4/c1-5-9-11-13-15-17-19-21-23-25-27-29-31-35-39-57-53(55)51-43-47(7-3)41-49(45-51)37-33-34-38-50-42-48(8-4)44-52(46-50)54(56)58-40-36-32-30-28-26-24-22-20-18-16-14-12-10-6-2/h3-4,41-46H,5-6,9-32,35-36,39-40H2,1-2H3. The molecule has 0 unspecified atom stereocenters. The van der Waals surface area contributed by atoms with Crippen LogP contribution in [0.2, 0.25) is 0 Å². The van der Waals surface area contributed by atoms with Crippen molar-refractivity contribution in [1.82, 2.24) is 0 Å². The van der Waals surface area contributed by atoms with Crippen LogP contribution in [0.5, 0.6) is 0 Å². The third-order valence-corrected chi connectivity index (χ3v) is 10.6. The summed E-state index contributed by atoms with van der Waals surface area (Å²) in [4.78, 5) is 25.7. The molecule has 0 saturated carbocycles. The van der Waals surface area contributed by atoms with Crippen LogP contribution >= 0.6 is 0 Å². The molecule has 4 nitrogen and oxygen atoms in total. The van der Waals surface area contributed by atoms with Gasteiger partial charge in [-0.25, -0.2) is 9.59 Å². The van der Waals surface area contributed by atoms with Gasteiger partial charge in [-0.3, -0.25) is 0 Å². The normalized spacial score (nSPS) is 10.4. The van der Waals surface area contributed by atoms with Crippen LogP contribution in [0.4, 0.5) is 0 Å². The average Bonchev–Trinajstić information content (AvgIpc) is 3.24. The van der Waals surface area contributed by atoms with Crippen molar-refractivity contribution in [2.45, 2.75) is 194 Å². The number of unbranched alkanes of at least 4 members (excludes halogenated alkanes) is 26. The number of benzene rings is 2. The van der Waals surface area contributed by atoms with Crippen molar-refractivity contribution < 1.29 is 19.1 Å². The van der Waals surface area contributed by atoms with Gasteiger partial charge in [0, 0.05) is 22.3 Å². The zero-order chi connectivity index (χ0) is 41.7. The molecule has 0 atom stereocenters. The summed E-state index contributed by atoms with van der Waals surface area (Å²) in [6, 6.07) is 10.1. The van der Waals surface area contributed by atoms with Crippen molar-refractivity contribution in [2.75, 3.05) is 13.2 Å². The number of terminal acetylenes is 2. The highest BCUT2D eigenvalue weighted by Crippen LogP contribution is 2.16. The van der Waals surface area contributed by atoms with Gasteiger partial charge in [0.25, 0.3) is 0 Å². The molecule has 0 amide bonds. The summed E-state index contributed by atoms with van der Waals surface area (Å²) in [5.41, 5.74) is 2.97. The molecule has 0 saturated heterocycles. The SMILES string of the molecule is C#Cc1cc(C#CC#Cc2cc(C#C)cc(C(=O)OCCCCCCCCCCCCCCCC)c2)cc(C(=O)OCCCCCCCCCCCCCCCC)c1. The summed E-state index contributed by atoms with van der Waals surface area (Å²) in [5.74, 6) is 16.0. The molecule has 0 spiro atoms. The zero-order valence-electron chi connectivity index (χ0n) is 36.5. The third kappa shape index (κ3) is 25.1. The molecular formula is C54H74O4. The summed E-state index contributed by atoms with van der Waals surface area (Å²) >= 11 is 0. The first kappa shape index (κ1) is 49.8. The molecule has 4 heteroatoms. The van der Waals surface area contributed by atoms with Crippen molar-refractivity contribution in [3.8, 4) is 48.4 Å². The highest BCUT2D eigenvalue weighted by Gasteiger charge is 2.11. The quantitative estimate of drug-likeness (QED) is 0.0421. The van der Waals surface area contributed by atoms with Gasteiger partial charge < -0.3 is 9.47 Å². The first-order valence-electron chi connectivity index (χ1n) is 23.1. The highest BCUT2D eigenvalue weighted by atomic mass is 16.5. The third-order valence-electron chi connectivity index (χ3n) is 10.6. The summed E-state index contributed by atoms with van der Waals surface area (Å²) < 4.78 is 11.1. The van der Waals surface area contributed by atoms with Crippen LogP contribution in [0.15, 0.2) is 36.4 Å². The van der Waals surface area contributed by atoms with E-state index >= 15 is 0 Å². The Labute approximate surface area is 354 Å². The summed E-state index contributed by atoms with van der Waals surface area (Å²) in [7, 11) is 0. The van der Waals surface area contributed by atoms with Gasteiger partial charge in [-0.1, -0.05) is 204 Å². The van der Waals surface area contributed by atoms with Crippen LogP contribution in [-0.2, 0) is 9.47 Å². The Balaban J connectivity index is 1.72. The molecule has 0 aliphatic heterocycles. The predicted molar refractivity (Wildman–Crippen MR) is 244 cm³/mol. The second-order valence-corrected chi connectivity index (χ2v) is 15.9. The van der Waals surface area contributed by atoms with Gasteiger partial charge >= 0.3 is 11.9 Å². The summed E-state index contributed by atoms with van der Waals surface area (Å²) in [5, 5.41) is 0. The van der Waals surface area contributed by atoms with Crippen molar-refractivity contribution in [3.05, 3.63) is 69.8 Å². The monoisotopic (exact) mass is 787 g/mol. The van der Waals surface area contributed by atoms with Gasteiger partial charge in [0.15, 0.2) is 0 Å². The molecule has 2 aromatic rings. The first-order valence-corrected chi connectivity index (χ1v) is 23.1. The van der Waals surface area contributed by atoms with Crippen LogP contribution < -0.4 is 0 Å². The van der Waals surface area contributed by atoms with Crippen LogP contribution in [0.3, 0.4) is 0 Å². The van der Waals surface area contributed by atoms with Crippen LogP contribution in [-0.4, -0.2) is 25.2 Å². The van der Waals surface area contributed by atoms with Crippen LogP contribution in [0, 0.1) is 48.4 Å². The van der Waals surface area contributed by atoms with E-state index in [4.69, 9.17) is 22.3 Å². The molecule has 0 radical (unpaired) electrons. The van der Waals surface area contributed by atoms with E-state index in [1.165, 1.54) is 154 Å². The maximum atomic E-state index is 12.8. The molecule has 2 aromatic carbocycles. The fourth-order valence-electron chi connectivity index (χ4n) is 7.10. The van der Waals surface area contributed by atoms with Gasteiger partial charge in [-0.05, 0) is 61.1 Å². The number of esters is 2. The van der Waals surface area contributed by atoms with E-state index in [2.05, 4.69) is 49.4 Å². The number of hydrogen-bond acceptors (Lipinski definition) is 4. The Hall–Kier alpha value is -4.38. The number of rotatable bonds is 32. The lowest BCUT2D eigenvalue weighted by Gasteiger charge is -2.06. The topological polar surface area (TPSA) is 52.6 Å². The Morgan fingerprint density at radius 1 is 0.397 bits per heavy atom. The number of carbonyl (C=O) groups is 2. The van der Waals surface area contributed by atoms with Gasteiger partial charge in [0.05, 0.1) is 24.3 Å². The number of hydrogen-bond donors (Lipinski definition) is 0. The van der Waals surface area contributed by atoms with Gasteiger partial charge in [0.2, 0.25) is 0 Å². The Bertz CT molecular complexity index is 1520. The van der Waals surface area contributed by atoms with Gasteiger partial charge in [0.1, 0.15) is 0 Å². The zero-order valence-corrected chi connectivity index (χ0v) is 36.5. The average molecular weight is 787 g/mol. The second kappa shape index (κ2) is 34.6. The Morgan fingerprint density at radius 2 is 0.655 bits per heavy atom. The van der Waals surface area contributed by atoms with E-state index in [-0.39, 0.29) is 0 Å². The van der Waals surface area contributed by atoms with Crippen molar-refractivity contribution in [1.29, 1.82) is 0 Å². The van der Waals surface area contributed by atoms with Gasteiger partial charge in [-0.2, -0.15) is 0 Å². The predicted octanol–water partition coefficient (Wildman–Crippen LogP) is 14.3. The lowest BCUT2D eigenvalue weighted by Crippen LogP contribution is -2.07. The second-order valence-electron chi connectivity index (χ2n) is 15.9. The summed E-state index contributed by atoms with van der Waals surface area (Å²) in [6.45, 7) is 5.30. The van der Waals surface area contributed by atoms with E-state index in [9.17, 15) is 9.59 Å². The molecule has 0 heterocycles. The molecule has 0 fully saturated rings. The van der Waals surface area contributed by atoms with Crippen LogP contribution in [0.1, 0.15) is 237 Å². The molecule has 0 aromatic heterocycles. The Morgan fingerprint density at radius 3 is 0.931 bits per heavy atom. The molecule has 0 aliphatic carbocycles. The molecule has 58 heavy (non-hydrogen) atoms. The van der Waals surface area contributed by atoms with E-state index in [1.54, 1.807) is 36.4 Å². The van der Waals surface area contributed by atoms with Crippen molar-refractivity contribution in [2.24, 2.45) is 0 Å².